The third-order valence-corrected chi connectivity index (χ3v) is 5.12. The molecular weight excluding hydrogens is 296 g/mol. The van der Waals surface area contributed by atoms with Crippen molar-refractivity contribution in [2.75, 3.05) is 30.8 Å². The summed E-state index contributed by atoms with van der Waals surface area (Å²) < 4.78 is 5.66. The standard InChI is InChI=1S/C16H24N4O3/c1-9-12(5-6-13(21)22)15(19-16(17)18-9)20-7-10-3-4-11(8-20)14(10)23-2/h10-11,14H,3-8H2,1-2H3,(H,21,22)(H2,17,18,19)/t10-,11+,14?. The van der Waals surface area contributed by atoms with Gasteiger partial charge in [0, 0.05) is 49.7 Å². The zero-order chi connectivity index (χ0) is 16.6. The van der Waals surface area contributed by atoms with Crippen LogP contribution in [0.2, 0.25) is 0 Å². The van der Waals surface area contributed by atoms with Gasteiger partial charge in [0.2, 0.25) is 5.95 Å². The van der Waals surface area contributed by atoms with E-state index in [1.165, 1.54) is 12.8 Å². The lowest BCUT2D eigenvalue weighted by Gasteiger charge is -2.38. The molecule has 1 aromatic rings. The van der Waals surface area contributed by atoms with Crippen molar-refractivity contribution in [3.63, 3.8) is 0 Å². The van der Waals surface area contributed by atoms with Gasteiger partial charge in [-0.25, -0.2) is 4.98 Å². The molecule has 0 spiro atoms. The summed E-state index contributed by atoms with van der Waals surface area (Å²) in [6, 6.07) is 0. The molecule has 2 aliphatic rings. The number of nitrogen functional groups attached to an aromatic ring is 1. The van der Waals surface area contributed by atoms with Gasteiger partial charge in [0.1, 0.15) is 5.82 Å². The fourth-order valence-electron chi connectivity index (χ4n) is 4.12. The van der Waals surface area contributed by atoms with E-state index >= 15 is 0 Å². The van der Waals surface area contributed by atoms with Gasteiger partial charge < -0.3 is 20.5 Å². The molecule has 1 aliphatic carbocycles. The Balaban J connectivity index is 1.88. The minimum absolute atomic E-state index is 0.0719. The Hall–Kier alpha value is -1.89. The number of carbonyl (C=O) groups is 1. The molecule has 3 rings (SSSR count). The number of ether oxygens (including phenoxy) is 1. The number of nitrogens with zero attached hydrogens (tertiary/aromatic N) is 3. The van der Waals surface area contributed by atoms with E-state index in [2.05, 4.69) is 14.9 Å². The number of aliphatic carboxylic acids is 1. The predicted octanol–water partition coefficient (Wildman–Crippen LogP) is 1.25. The van der Waals surface area contributed by atoms with Crippen molar-refractivity contribution < 1.29 is 14.6 Å². The van der Waals surface area contributed by atoms with Crippen molar-refractivity contribution in [1.29, 1.82) is 0 Å². The second-order valence-corrected chi connectivity index (χ2v) is 6.57. The Kier molecular flexibility index (Phi) is 4.39. The molecule has 3 N–H and O–H groups in total. The van der Waals surface area contributed by atoms with Gasteiger partial charge in [0.15, 0.2) is 0 Å². The van der Waals surface area contributed by atoms with Crippen LogP contribution in [0.4, 0.5) is 11.8 Å². The molecule has 2 fully saturated rings. The second kappa shape index (κ2) is 6.31. The Bertz CT molecular complexity index is 593. The number of rotatable bonds is 5. The highest BCUT2D eigenvalue weighted by atomic mass is 16.5. The lowest BCUT2D eigenvalue weighted by molar-refractivity contribution is -0.136. The van der Waals surface area contributed by atoms with Crippen LogP contribution in [0, 0.1) is 18.8 Å². The van der Waals surface area contributed by atoms with E-state index < -0.39 is 5.97 Å². The Morgan fingerprint density at radius 3 is 2.57 bits per heavy atom. The third-order valence-electron chi connectivity index (χ3n) is 5.12. The van der Waals surface area contributed by atoms with Gasteiger partial charge in [-0.1, -0.05) is 0 Å². The number of nitrogens with two attached hydrogens (primary N) is 1. The summed E-state index contributed by atoms with van der Waals surface area (Å²) in [5, 5.41) is 8.99. The molecular formula is C16H24N4O3. The van der Waals surface area contributed by atoms with Gasteiger partial charge in [-0.15, -0.1) is 0 Å². The maximum absolute atomic E-state index is 10.9. The van der Waals surface area contributed by atoms with E-state index in [1.807, 2.05) is 6.92 Å². The van der Waals surface area contributed by atoms with Crippen LogP contribution in [-0.2, 0) is 16.0 Å². The quantitative estimate of drug-likeness (QED) is 0.841. The number of anilines is 2. The molecule has 126 valence electrons. The smallest absolute Gasteiger partial charge is 0.303 e. The van der Waals surface area contributed by atoms with Gasteiger partial charge in [-0.05, 0) is 26.2 Å². The Labute approximate surface area is 135 Å². The van der Waals surface area contributed by atoms with E-state index in [-0.39, 0.29) is 12.4 Å². The lowest BCUT2D eigenvalue weighted by Crippen LogP contribution is -2.46. The number of aromatic nitrogens is 2. The Morgan fingerprint density at radius 2 is 2.00 bits per heavy atom. The molecule has 1 aliphatic heterocycles. The number of methoxy groups -OCH3 is 1. The summed E-state index contributed by atoms with van der Waals surface area (Å²) in [5.74, 6) is 1.25. The maximum Gasteiger partial charge on any atom is 0.303 e. The molecule has 7 heteroatoms. The predicted molar refractivity (Wildman–Crippen MR) is 86.4 cm³/mol. The average molecular weight is 320 g/mol. The van der Waals surface area contributed by atoms with Crippen LogP contribution in [0.25, 0.3) is 0 Å². The van der Waals surface area contributed by atoms with E-state index in [9.17, 15) is 4.79 Å². The minimum Gasteiger partial charge on any atom is -0.481 e. The molecule has 1 unspecified atom stereocenters. The monoisotopic (exact) mass is 320 g/mol. The fraction of sp³-hybridized carbons (Fsp3) is 0.688. The van der Waals surface area contributed by atoms with E-state index in [1.54, 1.807) is 7.11 Å². The van der Waals surface area contributed by atoms with Crippen LogP contribution in [0.5, 0.6) is 0 Å². The van der Waals surface area contributed by atoms with Crippen LogP contribution >= 0.6 is 0 Å². The summed E-state index contributed by atoms with van der Waals surface area (Å²) in [6.45, 7) is 3.63. The van der Waals surface area contributed by atoms with Gasteiger partial charge in [0.25, 0.3) is 0 Å². The van der Waals surface area contributed by atoms with Gasteiger partial charge in [-0.2, -0.15) is 4.98 Å². The van der Waals surface area contributed by atoms with Crippen molar-refractivity contribution in [1.82, 2.24) is 9.97 Å². The minimum atomic E-state index is -0.815. The largest absolute Gasteiger partial charge is 0.481 e. The van der Waals surface area contributed by atoms with Crippen LogP contribution < -0.4 is 10.6 Å². The third kappa shape index (κ3) is 3.10. The number of piperidine rings is 1. The lowest BCUT2D eigenvalue weighted by atomic mass is 9.94. The van der Waals surface area contributed by atoms with Gasteiger partial charge in [-0.3, -0.25) is 4.79 Å². The average Bonchev–Trinajstić information content (AvgIpc) is 2.73. The zero-order valence-electron chi connectivity index (χ0n) is 13.7. The van der Waals surface area contributed by atoms with Gasteiger partial charge >= 0.3 is 5.97 Å². The highest BCUT2D eigenvalue weighted by Gasteiger charge is 2.43. The Morgan fingerprint density at radius 1 is 1.35 bits per heavy atom. The van der Waals surface area contributed by atoms with Gasteiger partial charge in [0.05, 0.1) is 6.10 Å². The normalized spacial score (nSPS) is 26.5. The zero-order valence-corrected chi connectivity index (χ0v) is 13.7. The first-order chi connectivity index (χ1) is 11.0. The number of hydrogen-bond donors (Lipinski definition) is 2. The SMILES string of the molecule is COC1[C@@H]2CC[C@H]1CN(c1nc(N)nc(C)c1CCC(=O)O)C2. The highest BCUT2D eigenvalue weighted by molar-refractivity contribution is 5.68. The molecule has 0 aromatic carbocycles. The molecule has 1 saturated heterocycles. The molecule has 2 bridgehead atoms. The first-order valence-corrected chi connectivity index (χ1v) is 8.12. The summed E-state index contributed by atoms with van der Waals surface area (Å²) >= 11 is 0. The molecule has 23 heavy (non-hydrogen) atoms. The molecule has 1 aromatic heterocycles. The number of carboxylic acids is 1. The molecule has 1 saturated carbocycles. The fourth-order valence-corrected chi connectivity index (χ4v) is 4.12. The summed E-state index contributed by atoms with van der Waals surface area (Å²) in [4.78, 5) is 21.8. The molecule has 0 radical (unpaired) electrons. The van der Waals surface area contributed by atoms with Crippen molar-refractivity contribution in [2.24, 2.45) is 11.8 Å². The van der Waals surface area contributed by atoms with Crippen molar-refractivity contribution in [3.05, 3.63) is 11.3 Å². The topological polar surface area (TPSA) is 102 Å². The van der Waals surface area contributed by atoms with E-state index in [0.717, 1.165) is 30.2 Å². The first-order valence-electron chi connectivity index (χ1n) is 8.12. The highest BCUT2D eigenvalue weighted by Crippen LogP contribution is 2.40. The molecule has 3 atom stereocenters. The van der Waals surface area contributed by atoms with Crippen LogP contribution in [-0.4, -0.2) is 47.3 Å². The van der Waals surface area contributed by atoms with Crippen LogP contribution in [0.1, 0.15) is 30.5 Å². The summed E-state index contributed by atoms with van der Waals surface area (Å²) in [6.07, 6.45) is 3.17. The number of fused-ring (bicyclic) bond motifs is 2. The van der Waals surface area contributed by atoms with Crippen molar-refractivity contribution in [3.8, 4) is 0 Å². The number of carboxylic acid groups (broad SMARTS) is 1. The first kappa shape index (κ1) is 16.0. The molecule has 2 heterocycles. The van der Waals surface area contributed by atoms with Crippen LogP contribution in [0.15, 0.2) is 0 Å². The molecule has 0 amide bonds. The molecule has 7 nitrogen and oxygen atoms in total. The number of aryl methyl sites for hydroxylation is 1. The van der Waals surface area contributed by atoms with Crippen molar-refractivity contribution >= 4 is 17.7 Å². The second-order valence-electron chi connectivity index (χ2n) is 6.57. The maximum atomic E-state index is 10.9. The van der Waals surface area contributed by atoms with Crippen LogP contribution in [0.3, 0.4) is 0 Å². The number of hydrogen-bond acceptors (Lipinski definition) is 6. The van der Waals surface area contributed by atoms with E-state index in [4.69, 9.17) is 15.6 Å². The van der Waals surface area contributed by atoms with E-state index in [0.29, 0.717) is 24.4 Å². The van der Waals surface area contributed by atoms with Crippen molar-refractivity contribution in [2.45, 2.75) is 38.7 Å². The summed E-state index contributed by atoms with van der Waals surface area (Å²) in [7, 11) is 1.79. The summed E-state index contributed by atoms with van der Waals surface area (Å²) in [5.41, 5.74) is 7.51.